The third-order valence-electron chi connectivity index (χ3n) is 4.71. The Morgan fingerprint density at radius 1 is 1.21 bits per heavy atom. The second-order valence-electron chi connectivity index (χ2n) is 6.65. The van der Waals surface area contributed by atoms with Crippen LogP contribution in [0.4, 0.5) is 0 Å². The number of nitrogens with zero attached hydrogens (tertiary/aromatic N) is 2. The first-order valence-corrected chi connectivity index (χ1v) is 10.9. The van der Waals surface area contributed by atoms with E-state index in [1.54, 1.807) is 24.9 Å². The molecule has 0 radical (unpaired) electrons. The van der Waals surface area contributed by atoms with E-state index in [2.05, 4.69) is 17.2 Å². The van der Waals surface area contributed by atoms with Gasteiger partial charge >= 0.3 is 0 Å². The van der Waals surface area contributed by atoms with Crippen LogP contribution in [0.2, 0.25) is 5.02 Å². The fourth-order valence-electron chi connectivity index (χ4n) is 3.17. The maximum Gasteiger partial charge on any atom is 0.118 e. The molecule has 28 heavy (non-hydrogen) atoms. The van der Waals surface area contributed by atoms with E-state index in [0.29, 0.717) is 10.6 Å². The third-order valence-corrected chi connectivity index (χ3v) is 5.68. The van der Waals surface area contributed by atoms with Crippen LogP contribution in [-0.4, -0.2) is 49.6 Å². The Hall–Kier alpha value is -1.71. The predicted octanol–water partition coefficient (Wildman–Crippen LogP) is 4.80. The summed E-state index contributed by atoms with van der Waals surface area (Å²) in [5, 5.41) is 19.0. The smallest absolute Gasteiger partial charge is 0.118 e. The quantitative estimate of drug-likeness (QED) is 0.683. The molecule has 1 heterocycles. The summed E-state index contributed by atoms with van der Waals surface area (Å²) in [6, 6.07) is 15.4. The summed E-state index contributed by atoms with van der Waals surface area (Å²) in [6.45, 7) is 3.12. The van der Waals surface area contributed by atoms with Gasteiger partial charge in [0, 0.05) is 22.4 Å². The van der Waals surface area contributed by atoms with Gasteiger partial charge in [-0.15, -0.1) is 11.8 Å². The second-order valence-corrected chi connectivity index (χ2v) is 7.97. The van der Waals surface area contributed by atoms with Crippen LogP contribution in [0, 0.1) is 11.3 Å². The number of methoxy groups -OCH3 is 1. The first-order chi connectivity index (χ1) is 13.6. The van der Waals surface area contributed by atoms with Gasteiger partial charge in [0.15, 0.2) is 0 Å². The van der Waals surface area contributed by atoms with Crippen LogP contribution in [0.3, 0.4) is 0 Å². The molecule has 1 unspecified atom stereocenters. The molecule has 0 saturated carbocycles. The van der Waals surface area contributed by atoms with Gasteiger partial charge < -0.3 is 14.7 Å². The minimum Gasteiger partial charge on any atom is -0.497 e. The molecule has 2 aromatic rings. The van der Waals surface area contributed by atoms with Gasteiger partial charge in [-0.25, -0.2) is 0 Å². The number of nitriles is 1. The molecule has 0 bridgehead atoms. The molecule has 1 saturated heterocycles. The molecule has 0 spiro atoms. The second kappa shape index (κ2) is 12.0. The van der Waals surface area contributed by atoms with Gasteiger partial charge in [-0.05, 0) is 80.2 Å². The molecule has 0 aliphatic carbocycles. The number of hydrogen-bond donors (Lipinski definition) is 1. The highest BCUT2D eigenvalue weighted by molar-refractivity contribution is 7.98. The van der Waals surface area contributed by atoms with Crippen molar-refractivity contribution in [1.82, 2.24) is 4.90 Å². The lowest BCUT2D eigenvalue weighted by Gasteiger charge is -2.22. The van der Waals surface area contributed by atoms with E-state index in [1.165, 1.54) is 17.7 Å². The Morgan fingerprint density at radius 2 is 1.89 bits per heavy atom. The van der Waals surface area contributed by atoms with E-state index in [1.807, 2.05) is 36.4 Å². The van der Waals surface area contributed by atoms with Crippen LogP contribution >= 0.6 is 23.4 Å². The molecule has 0 aromatic heterocycles. The van der Waals surface area contributed by atoms with Crippen LogP contribution in [0.5, 0.6) is 5.75 Å². The number of thioether (sulfide) groups is 1. The number of halogens is 1. The molecule has 4 nitrogen and oxygen atoms in total. The van der Waals surface area contributed by atoms with Crippen molar-refractivity contribution in [3.05, 3.63) is 58.6 Å². The van der Waals surface area contributed by atoms with Crippen LogP contribution in [0.15, 0.2) is 47.4 Å². The summed E-state index contributed by atoms with van der Waals surface area (Å²) in [7, 11) is 1.67. The van der Waals surface area contributed by atoms with Crippen molar-refractivity contribution in [2.75, 3.05) is 39.6 Å². The fourth-order valence-corrected chi connectivity index (χ4v) is 3.82. The highest BCUT2D eigenvalue weighted by Crippen LogP contribution is 2.24. The lowest BCUT2D eigenvalue weighted by molar-refractivity contribution is 0.220. The topological polar surface area (TPSA) is 56.5 Å². The highest BCUT2D eigenvalue weighted by atomic mass is 35.5. The molecule has 1 N–H and O–H groups in total. The van der Waals surface area contributed by atoms with Crippen molar-refractivity contribution in [2.45, 2.75) is 23.7 Å². The van der Waals surface area contributed by atoms with Gasteiger partial charge in [-0.3, -0.25) is 0 Å². The van der Waals surface area contributed by atoms with Gasteiger partial charge in [0.05, 0.1) is 25.3 Å². The van der Waals surface area contributed by atoms with Gasteiger partial charge in [0.2, 0.25) is 0 Å². The summed E-state index contributed by atoms with van der Waals surface area (Å²) in [6.07, 6.45) is 4.52. The van der Waals surface area contributed by atoms with E-state index < -0.39 is 0 Å². The molecule has 6 heteroatoms. The zero-order valence-electron chi connectivity index (χ0n) is 16.4. The number of aliphatic hydroxyl groups excluding tert-OH is 1. The van der Waals surface area contributed by atoms with E-state index in [0.717, 1.165) is 30.9 Å². The summed E-state index contributed by atoms with van der Waals surface area (Å²) in [4.78, 5) is 3.62. The van der Waals surface area contributed by atoms with Crippen LogP contribution in [-0.2, 0) is 0 Å². The maximum absolute atomic E-state index is 9.54. The summed E-state index contributed by atoms with van der Waals surface area (Å²) >= 11 is 7.73. The van der Waals surface area contributed by atoms with E-state index >= 15 is 0 Å². The lowest BCUT2D eigenvalue weighted by atomic mass is 9.97. The number of hydrogen-bond acceptors (Lipinski definition) is 5. The van der Waals surface area contributed by atoms with E-state index in [-0.39, 0.29) is 12.5 Å². The number of rotatable bonds is 6. The van der Waals surface area contributed by atoms with Crippen molar-refractivity contribution in [3.8, 4) is 11.8 Å². The number of ether oxygens (including phenoxy) is 1. The minimum atomic E-state index is 0.0360. The number of likely N-dealkylation sites (tertiary alicyclic amines) is 1. The molecule has 1 aliphatic rings. The van der Waals surface area contributed by atoms with Crippen LogP contribution in [0.25, 0.3) is 0 Å². The van der Waals surface area contributed by atoms with Gasteiger partial charge in [0.1, 0.15) is 5.75 Å². The zero-order valence-corrected chi connectivity index (χ0v) is 18.0. The standard InChI is InChI=1S/C14H17ClN2O.C8H10OS/c15-14-6-11(8-16)5-12(7-14)13(10-18)9-17-3-1-2-4-17;1-9-7-3-5-8(10-2)6-4-7/h5-7,13,18H,1-4,9-10H2;3-6H,1-2H3. The predicted molar refractivity (Wildman–Crippen MR) is 116 cm³/mol. The fraction of sp³-hybridized carbons (Fsp3) is 0.409. The molecule has 1 fully saturated rings. The minimum absolute atomic E-state index is 0.0360. The molecule has 2 aromatic carbocycles. The molecular weight excluding hydrogens is 392 g/mol. The largest absolute Gasteiger partial charge is 0.497 e. The summed E-state index contributed by atoms with van der Waals surface area (Å²) in [5.74, 6) is 0.951. The highest BCUT2D eigenvalue weighted by Gasteiger charge is 2.19. The molecule has 0 amide bonds. The lowest BCUT2D eigenvalue weighted by Crippen LogP contribution is -2.27. The number of aliphatic hydroxyl groups is 1. The van der Waals surface area contributed by atoms with Crippen molar-refractivity contribution in [3.63, 3.8) is 0 Å². The average molecular weight is 419 g/mol. The van der Waals surface area contributed by atoms with Gasteiger partial charge in [-0.2, -0.15) is 5.26 Å². The Balaban J connectivity index is 0.000000237. The monoisotopic (exact) mass is 418 g/mol. The molecule has 1 atom stereocenters. The molecule has 3 rings (SSSR count). The SMILES string of the molecule is COc1ccc(SC)cc1.N#Cc1cc(Cl)cc(C(CO)CN2CCCC2)c1. The Labute approximate surface area is 177 Å². The Bertz CT molecular complexity index is 748. The summed E-state index contributed by atoms with van der Waals surface area (Å²) in [5.41, 5.74) is 1.51. The van der Waals surface area contributed by atoms with E-state index in [4.69, 9.17) is 21.6 Å². The zero-order chi connectivity index (χ0) is 20.4. The summed E-state index contributed by atoms with van der Waals surface area (Å²) < 4.78 is 5.00. The van der Waals surface area contributed by atoms with Gasteiger partial charge in [0.25, 0.3) is 0 Å². The third kappa shape index (κ3) is 7.03. The molecule has 150 valence electrons. The first-order valence-electron chi connectivity index (χ1n) is 9.31. The number of benzene rings is 2. The molecule has 1 aliphatic heterocycles. The van der Waals surface area contributed by atoms with Crippen molar-refractivity contribution >= 4 is 23.4 Å². The molecular formula is C22H27ClN2O2S. The Kier molecular flexibility index (Phi) is 9.66. The van der Waals surface area contributed by atoms with Gasteiger partial charge in [-0.1, -0.05) is 11.6 Å². The van der Waals surface area contributed by atoms with Crippen molar-refractivity contribution in [2.24, 2.45) is 0 Å². The Morgan fingerprint density at radius 3 is 2.43 bits per heavy atom. The van der Waals surface area contributed by atoms with Crippen molar-refractivity contribution in [1.29, 1.82) is 5.26 Å². The maximum atomic E-state index is 9.54. The first kappa shape index (κ1) is 22.6. The normalized spacial score (nSPS) is 14.7. The van der Waals surface area contributed by atoms with Crippen molar-refractivity contribution < 1.29 is 9.84 Å². The van der Waals surface area contributed by atoms with Crippen LogP contribution in [0.1, 0.15) is 29.9 Å². The van der Waals surface area contributed by atoms with Crippen LogP contribution < -0.4 is 4.74 Å². The average Bonchev–Trinajstić information content (AvgIpc) is 3.25. The van der Waals surface area contributed by atoms with E-state index in [9.17, 15) is 5.11 Å².